The highest BCUT2D eigenvalue weighted by Crippen LogP contribution is 2.41. The molecule has 2 aromatic carbocycles. The molecule has 0 fully saturated rings. The first-order valence-corrected chi connectivity index (χ1v) is 10.7. The summed E-state index contributed by atoms with van der Waals surface area (Å²) in [5, 5.41) is 3.05. The van der Waals surface area contributed by atoms with Crippen molar-refractivity contribution in [2.24, 2.45) is 0 Å². The quantitative estimate of drug-likeness (QED) is 0.799. The third-order valence-electron chi connectivity index (χ3n) is 4.43. The van der Waals surface area contributed by atoms with Crippen molar-refractivity contribution in [1.29, 1.82) is 0 Å². The van der Waals surface area contributed by atoms with Crippen LogP contribution in [-0.2, 0) is 10.0 Å². The molecule has 0 spiro atoms. The zero-order valence-electron chi connectivity index (χ0n) is 16.3. The number of carbonyl (C=O) groups excluding carboxylic acids is 1. The van der Waals surface area contributed by atoms with Crippen molar-refractivity contribution in [2.75, 3.05) is 18.1 Å². The number of hydrogen-bond donors (Lipinski definition) is 2. The Morgan fingerprint density at radius 3 is 2.46 bits per heavy atom. The Balaban J connectivity index is 1.82. The Hall–Kier alpha value is -2.74. The number of anilines is 1. The Bertz CT molecular complexity index is 984. The summed E-state index contributed by atoms with van der Waals surface area (Å²) in [6.07, 6.45) is 1.68. The van der Waals surface area contributed by atoms with Gasteiger partial charge in [0, 0.05) is 23.2 Å². The van der Waals surface area contributed by atoms with Crippen LogP contribution in [0.3, 0.4) is 0 Å². The predicted molar refractivity (Wildman–Crippen MR) is 107 cm³/mol. The van der Waals surface area contributed by atoms with E-state index in [0.29, 0.717) is 23.4 Å². The van der Waals surface area contributed by atoms with Crippen LogP contribution < -0.4 is 19.5 Å². The second-order valence-electron chi connectivity index (χ2n) is 7.45. The van der Waals surface area contributed by atoms with Gasteiger partial charge in [-0.25, -0.2) is 8.42 Å². The molecule has 0 saturated heterocycles. The van der Waals surface area contributed by atoms with Crippen LogP contribution in [0.2, 0.25) is 0 Å². The molecule has 1 aliphatic rings. The summed E-state index contributed by atoms with van der Waals surface area (Å²) in [5.41, 5.74) is 1.28. The van der Waals surface area contributed by atoms with Crippen LogP contribution in [0.1, 0.15) is 42.2 Å². The number of fused-ring (bicyclic) bond motifs is 1. The van der Waals surface area contributed by atoms with Gasteiger partial charge in [0.1, 0.15) is 17.1 Å². The molecular formula is C20H24N2O5S. The minimum atomic E-state index is -3.36. The summed E-state index contributed by atoms with van der Waals surface area (Å²) in [5.74, 6) is 1.16. The zero-order chi connectivity index (χ0) is 20.5. The number of nitrogens with one attached hydrogen (secondary N) is 2. The summed E-state index contributed by atoms with van der Waals surface area (Å²) in [6, 6.07) is 11.6. The molecule has 1 atom stereocenters. The van der Waals surface area contributed by atoms with Gasteiger partial charge in [0.2, 0.25) is 10.0 Å². The largest absolute Gasteiger partial charge is 0.497 e. The van der Waals surface area contributed by atoms with Crippen molar-refractivity contribution < 1.29 is 22.7 Å². The Morgan fingerprint density at radius 2 is 1.86 bits per heavy atom. The van der Waals surface area contributed by atoms with E-state index in [4.69, 9.17) is 9.47 Å². The average molecular weight is 404 g/mol. The van der Waals surface area contributed by atoms with E-state index < -0.39 is 15.6 Å². The van der Waals surface area contributed by atoms with Crippen molar-refractivity contribution in [3.05, 3.63) is 53.6 Å². The highest BCUT2D eigenvalue weighted by molar-refractivity contribution is 7.92. The highest BCUT2D eigenvalue weighted by Gasteiger charge is 2.35. The van der Waals surface area contributed by atoms with Gasteiger partial charge in [0.25, 0.3) is 5.91 Å². The van der Waals surface area contributed by atoms with Gasteiger partial charge in [0.15, 0.2) is 0 Å². The number of benzene rings is 2. The van der Waals surface area contributed by atoms with Gasteiger partial charge in [-0.3, -0.25) is 9.52 Å². The van der Waals surface area contributed by atoms with Gasteiger partial charge < -0.3 is 14.8 Å². The highest BCUT2D eigenvalue weighted by atomic mass is 32.2. The van der Waals surface area contributed by atoms with Gasteiger partial charge in [-0.2, -0.15) is 0 Å². The maximum atomic E-state index is 12.8. The standard InChI is InChI=1S/C20H24N2O5S/c1-20(2)12-17(16-11-15(26-3)9-10-18(16)27-20)21-19(23)13-5-7-14(8-6-13)22-28(4,24)25/h5-11,17,22H,12H2,1-4H3,(H,21,23)/t17-/m1/s1. The SMILES string of the molecule is COc1ccc2c(c1)[C@H](NC(=O)c1ccc(NS(C)(=O)=O)cc1)CC(C)(C)O2. The minimum Gasteiger partial charge on any atom is -0.497 e. The molecule has 0 bridgehead atoms. The number of ether oxygens (including phenoxy) is 2. The van der Waals surface area contributed by atoms with Gasteiger partial charge in [-0.05, 0) is 56.3 Å². The van der Waals surface area contributed by atoms with E-state index in [1.807, 2.05) is 32.0 Å². The molecule has 1 aliphatic heterocycles. The Morgan fingerprint density at radius 1 is 1.18 bits per heavy atom. The molecule has 1 amide bonds. The fraction of sp³-hybridized carbons (Fsp3) is 0.350. The van der Waals surface area contributed by atoms with Crippen LogP contribution in [0.25, 0.3) is 0 Å². The number of carbonyl (C=O) groups is 1. The van der Waals surface area contributed by atoms with E-state index in [-0.39, 0.29) is 11.9 Å². The van der Waals surface area contributed by atoms with Gasteiger partial charge >= 0.3 is 0 Å². The smallest absolute Gasteiger partial charge is 0.251 e. The molecule has 0 saturated carbocycles. The van der Waals surface area contributed by atoms with Crippen LogP contribution in [-0.4, -0.2) is 33.3 Å². The first-order valence-electron chi connectivity index (χ1n) is 8.82. The molecule has 2 aromatic rings. The summed E-state index contributed by atoms with van der Waals surface area (Å²) in [7, 11) is -1.77. The molecule has 1 heterocycles. The molecule has 28 heavy (non-hydrogen) atoms. The molecule has 3 rings (SSSR count). The lowest BCUT2D eigenvalue weighted by atomic mass is 9.89. The molecule has 0 aliphatic carbocycles. The first-order chi connectivity index (χ1) is 13.1. The normalized spacial score (nSPS) is 17.8. The van der Waals surface area contributed by atoms with Crippen LogP contribution in [0, 0.1) is 0 Å². The fourth-order valence-electron chi connectivity index (χ4n) is 3.23. The average Bonchev–Trinajstić information content (AvgIpc) is 2.59. The second-order valence-corrected chi connectivity index (χ2v) is 9.20. The lowest BCUT2D eigenvalue weighted by Crippen LogP contribution is -2.41. The minimum absolute atomic E-state index is 0.241. The fourth-order valence-corrected chi connectivity index (χ4v) is 3.80. The number of methoxy groups -OCH3 is 1. The van der Waals surface area contributed by atoms with Crippen LogP contribution >= 0.6 is 0 Å². The molecule has 150 valence electrons. The topological polar surface area (TPSA) is 93.7 Å². The zero-order valence-corrected chi connectivity index (χ0v) is 17.1. The van der Waals surface area contributed by atoms with Crippen molar-refractivity contribution in [2.45, 2.75) is 31.9 Å². The van der Waals surface area contributed by atoms with E-state index in [1.54, 1.807) is 31.4 Å². The molecule has 8 heteroatoms. The number of amides is 1. The van der Waals surface area contributed by atoms with Gasteiger partial charge in [-0.15, -0.1) is 0 Å². The van der Waals surface area contributed by atoms with Crippen molar-refractivity contribution in [3.63, 3.8) is 0 Å². The first kappa shape index (κ1) is 20.0. The molecule has 0 aromatic heterocycles. The lowest BCUT2D eigenvalue weighted by molar-refractivity contribution is 0.0618. The van der Waals surface area contributed by atoms with Crippen LogP contribution in [0.15, 0.2) is 42.5 Å². The molecular weight excluding hydrogens is 380 g/mol. The molecule has 7 nitrogen and oxygen atoms in total. The number of rotatable bonds is 5. The second kappa shape index (κ2) is 7.35. The lowest BCUT2D eigenvalue weighted by Gasteiger charge is -2.38. The Labute approximate surface area is 165 Å². The predicted octanol–water partition coefficient (Wildman–Crippen LogP) is 3.10. The van der Waals surface area contributed by atoms with E-state index in [2.05, 4.69) is 10.0 Å². The van der Waals surface area contributed by atoms with Crippen LogP contribution in [0.4, 0.5) is 5.69 Å². The van der Waals surface area contributed by atoms with E-state index in [9.17, 15) is 13.2 Å². The van der Waals surface area contributed by atoms with E-state index >= 15 is 0 Å². The number of hydrogen-bond acceptors (Lipinski definition) is 5. The molecule has 0 unspecified atom stereocenters. The third kappa shape index (κ3) is 4.75. The molecule has 0 radical (unpaired) electrons. The van der Waals surface area contributed by atoms with Crippen molar-refractivity contribution in [1.82, 2.24) is 5.32 Å². The Kier molecular flexibility index (Phi) is 5.25. The number of sulfonamides is 1. The summed E-state index contributed by atoms with van der Waals surface area (Å²) in [6.45, 7) is 3.95. The van der Waals surface area contributed by atoms with Gasteiger partial charge in [0.05, 0.1) is 19.4 Å². The third-order valence-corrected chi connectivity index (χ3v) is 5.04. The van der Waals surface area contributed by atoms with E-state index in [0.717, 1.165) is 17.6 Å². The van der Waals surface area contributed by atoms with Crippen molar-refractivity contribution in [3.8, 4) is 11.5 Å². The van der Waals surface area contributed by atoms with Gasteiger partial charge in [-0.1, -0.05) is 0 Å². The summed E-state index contributed by atoms with van der Waals surface area (Å²) in [4.78, 5) is 12.8. The monoisotopic (exact) mass is 404 g/mol. The van der Waals surface area contributed by atoms with Crippen LogP contribution in [0.5, 0.6) is 11.5 Å². The summed E-state index contributed by atoms with van der Waals surface area (Å²) >= 11 is 0. The maximum absolute atomic E-state index is 12.8. The van der Waals surface area contributed by atoms with Crippen molar-refractivity contribution >= 4 is 21.6 Å². The van der Waals surface area contributed by atoms with E-state index in [1.165, 1.54) is 0 Å². The maximum Gasteiger partial charge on any atom is 0.251 e. The summed E-state index contributed by atoms with van der Waals surface area (Å²) < 4.78 is 36.3. The molecule has 2 N–H and O–H groups in total.